The largest absolute Gasteiger partial charge is 0.331 e. The molecule has 0 spiro atoms. The van der Waals surface area contributed by atoms with Crippen LogP contribution in [0.4, 0.5) is 0 Å². The van der Waals surface area contributed by atoms with Crippen LogP contribution in [0.5, 0.6) is 0 Å². The summed E-state index contributed by atoms with van der Waals surface area (Å²) in [6, 6.07) is 64.9. The minimum atomic E-state index is -0.675. The Kier molecular flexibility index (Phi) is 11.2. The molecule has 47 heavy (non-hydrogen) atoms. The SMILES string of the molecule is CCCC[N+](C)(C)C.c1ccc(C(NC(c2ccccc2)(c2ccccc2)c2ccccc2)(c2ccccc2)c2ccccc2)cc1. The first-order valence-corrected chi connectivity index (χ1v) is 16.8. The maximum absolute atomic E-state index is 4.38. The van der Waals surface area contributed by atoms with E-state index in [1.807, 2.05) is 0 Å². The first kappa shape index (κ1) is 33.6. The van der Waals surface area contributed by atoms with Gasteiger partial charge in [0, 0.05) is 0 Å². The summed E-state index contributed by atoms with van der Waals surface area (Å²) >= 11 is 0. The zero-order chi connectivity index (χ0) is 33.0. The summed E-state index contributed by atoms with van der Waals surface area (Å²) in [6.45, 7) is 3.53. The van der Waals surface area contributed by atoms with Crippen LogP contribution >= 0.6 is 0 Å². The van der Waals surface area contributed by atoms with Crippen molar-refractivity contribution in [3.05, 3.63) is 215 Å². The molecule has 0 saturated carbocycles. The van der Waals surface area contributed by atoms with Crippen molar-refractivity contribution in [1.29, 1.82) is 0 Å². The summed E-state index contributed by atoms with van der Waals surface area (Å²) in [5.74, 6) is 0. The number of quaternary nitrogens is 1. The highest BCUT2D eigenvalue weighted by Gasteiger charge is 2.46. The summed E-state index contributed by atoms with van der Waals surface area (Å²) in [4.78, 5) is 0. The molecule has 2 nitrogen and oxygen atoms in total. The first-order chi connectivity index (χ1) is 22.9. The number of hydrogen-bond acceptors (Lipinski definition) is 1. The fraction of sp³-hybridized carbons (Fsp3) is 0.200. The van der Waals surface area contributed by atoms with E-state index >= 15 is 0 Å². The van der Waals surface area contributed by atoms with Crippen molar-refractivity contribution < 1.29 is 4.48 Å². The molecule has 0 unspecified atom stereocenters. The van der Waals surface area contributed by atoms with Crippen LogP contribution in [0.1, 0.15) is 53.1 Å². The third kappa shape index (κ3) is 7.80. The topological polar surface area (TPSA) is 12.0 Å². The molecule has 0 bridgehead atoms. The van der Waals surface area contributed by atoms with Gasteiger partial charge in [-0.2, -0.15) is 0 Å². The zero-order valence-corrected chi connectivity index (χ0v) is 28.4. The highest BCUT2D eigenvalue weighted by atomic mass is 15.3. The molecular weight excluding hydrogens is 569 g/mol. The minimum Gasteiger partial charge on any atom is -0.331 e. The van der Waals surface area contributed by atoms with E-state index in [9.17, 15) is 0 Å². The van der Waals surface area contributed by atoms with Gasteiger partial charge in [0.2, 0.25) is 0 Å². The molecule has 0 aliphatic rings. The van der Waals surface area contributed by atoms with Crippen LogP contribution in [0, 0.1) is 0 Å². The van der Waals surface area contributed by atoms with Gasteiger partial charge >= 0.3 is 0 Å². The fourth-order valence-corrected chi connectivity index (χ4v) is 6.48. The molecule has 238 valence electrons. The van der Waals surface area contributed by atoms with Crippen LogP contribution in [-0.4, -0.2) is 32.2 Å². The summed E-state index contributed by atoms with van der Waals surface area (Å²) in [5, 5.41) is 4.38. The third-order valence-corrected chi connectivity index (χ3v) is 8.80. The van der Waals surface area contributed by atoms with Gasteiger partial charge in [0.1, 0.15) is 0 Å². The number of nitrogens with one attached hydrogen (secondary N) is 1. The first-order valence-electron chi connectivity index (χ1n) is 16.8. The quantitative estimate of drug-likeness (QED) is 0.113. The van der Waals surface area contributed by atoms with Crippen molar-refractivity contribution in [1.82, 2.24) is 5.32 Å². The molecule has 0 fully saturated rings. The summed E-state index contributed by atoms with van der Waals surface area (Å²) in [7, 11) is 6.70. The Bertz CT molecular complexity index is 1410. The lowest BCUT2D eigenvalue weighted by Gasteiger charge is -2.47. The molecule has 6 rings (SSSR count). The van der Waals surface area contributed by atoms with Gasteiger partial charge in [0.15, 0.2) is 0 Å². The molecule has 2 heteroatoms. The van der Waals surface area contributed by atoms with Crippen molar-refractivity contribution >= 4 is 0 Å². The number of hydrogen-bond donors (Lipinski definition) is 1. The van der Waals surface area contributed by atoms with Crippen molar-refractivity contribution in [2.75, 3.05) is 27.7 Å². The van der Waals surface area contributed by atoms with Gasteiger partial charge in [-0.15, -0.1) is 0 Å². The third-order valence-electron chi connectivity index (χ3n) is 8.80. The maximum atomic E-state index is 4.38. The Morgan fingerprint density at radius 3 is 0.745 bits per heavy atom. The second-order valence-corrected chi connectivity index (χ2v) is 13.2. The van der Waals surface area contributed by atoms with E-state index in [0.29, 0.717) is 0 Å². The average molecular weight is 618 g/mol. The van der Waals surface area contributed by atoms with Gasteiger partial charge in [-0.1, -0.05) is 195 Å². The van der Waals surface area contributed by atoms with E-state index in [4.69, 9.17) is 0 Å². The van der Waals surface area contributed by atoms with Gasteiger partial charge in [-0.05, 0) is 39.8 Å². The Labute approximate surface area is 283 Å². The lowest BCUT2D eigenvalue weighted by molar-refractivity contribution is -0.870. The number of rotatable bonds is 11. The smallest absolute Gasteiger partial charge is 0.0959 e. The van der Waals surface area contributed by atoms with Gasteiger partial charge in [0.25, 0.3) is 0 Å². The second kappa shape index (κ2) is 15.7. The lowest BCUT2D eigenvalue weighted by atomic mass is 9.70. The molecule has 0 aromatic heterocycles. The number of unbranched alkanes of at least 4 members (excludes halogenated alkanes) is 1. The van der Waals surface area contributed by atoms with Crippen molar-refractivity contribution in [2.45, 2.75) is 30.8 Å². The van der Waals surface area contributed by atoms with E-state index in [0.717, 1.165) is 4.48 Å². The molecule has 0 aliphatic carbocycles. The van der Waals surface area contributed by atoms with Crippen LogP contribution in [0.2, 0.25) is 0 Å². The van der Waals surface area contributed by atoms with Gasteiger partial charge in [-0.25, -0.2) is 0 Å². The second-order valence-electron chi connectivity index (χ2n) is 13.2. The highest BCUT2D eigenvalue weighted by Crippen LogP contribution is 2.45. The fourth-order valence-electron chi connectivity index (χ4n) is 6.48. The van der Waals surface area contributed by atoms with E-state index in [2.05, 4.69) is 215 Å². The molecule has 0 saturated heterocycles. The summed E-state index contributed by atoms with van der Waals surface area (Å²) < 4.78 is 1.10. The van der Waals surface area contributed by atoms with E-state index in [1.165, 1.54) is 52.8 Å². The Morgan fingerprint density at radius 2 is 0.596 bits per heavy atom. The van der Waals surface area contributed by atoms with Crippen LogP contribution < -0.4 is 5.32 Å². The Balaban J connectivity index is 0.000000483. The van der Waals surface area contributed by atoms with E-state index in [-0.39, 0.29) is 0 Å². The van der Waals surface area contributed by atoms with Crippen LogP contribution in [0.15, 0.2) is 182 Å². The zero-order valence-electron chi connectivity index (χ0n) is 28.4. The lowest BCUT2D eigenvalue weighted by Crippen LogP contribution is -2.57. The monoisotopic (exact) mass is 617 g/mol. The molecule has 0 atom stereocenters. The van der Waals surface area contributed by atoms with Crippen LogP contribution in [0.3, 0.4) is 0 Å². The molecule has 6 aromatic rings. The highest BCUT2D eigenvalue weighted by molar-refractivity contribution is 5.56. The van der Waals surface area contributed by atoms with Crippen LogP contribution in [0.25, 0.3) is 0 Å². The molecule has 1 N–H and O–H groups in total. The van der Waals surface area contributed by atoms with Crippen molar-refractivity contribution in [2.24, 2.45) is 0 Å². The van der Waals surface area contributed by atoms with Crippen molar-refractivity contribution in [3.63, 3.8) is 0 Å². The standard InChI is InChI=1S/C38H31N.C7H18N/c1-7-19-31(20-8-1)37(32-21-9-2-10-22-32,33-23-11-3-12-24-33)39-38(34-25-13-4-14-26-34,35-27-15-5-16-28-35)36-29-17-6-18-30-36;1-5-6-7-8(2,3)4/h1-30,39H;5-7H2,1-4H3/q;+1. The van der Waals surface area contributed by atoms with Gasteiger partial charge < -0.3 is 4.48 Å². The number of benzene rings is 6. The predicted molar refractivity (Wildman–Crippen MR) is 199 cm³/mol. The van der Waals surface area contributed by atoms with Gasteiger partial charge in [-0.3, -0.25) is 5.32 Å². The molecular formula is C45H49N2+. The van der Waals surface area contributed by atoms with Crippen molar-refractivity contribution in [3.8, 4) is 0 Å². The van der Waals surface area contributed by atoms with Crippen LogP contribution in [-0.2, 0) is 11.1 Å². The van der Waals surface area contributed by atoms with E-state index < -0.39 is 11.1 Å². The van der Waals surface area contributed by atoms with E-state index in [1.54, 1.807) is 0 Å². The average Bonchev–Trinajstić information content (AvgIpc) is 3.14. The predicted octanol–water partition coefficient (Wildman–Crippen LogP) is 10.1. The normalized spacial score (nSPS) is 11.7. The molecule has 0 aliphatic heterocycles. The minimum absolute atomic E-state index is 0.675. The summed E-state index contributed by atoms with van der Waals surface area (Å²) in [5.41, 5.74) is 5.70. The molecule has 6 aromatic carbocycles. The Morgan fingerprint density at radius 1 is 0.383 bits per heavy atom. The number of nitrogens with zero attached hydrogens (tertiary/aromatic N) is 1. The Hall–Kier alpha value is -4.76. The summed E-state index contributed by atoms with van der Waals surface area (Å²) in [6.07, 6.45) is 2.67. The molecule has 0 radical (unpaired) electrons. The molecule has 0 heterocycles. The maximum Gasteiger partial charge on any atom is 0.0959 e. The van der Waals surface area contributed by atoms with Gasteiger partial charge in [0.05, 0.1) is 38.8 Å². The molecule has 0 amide bonds.